The summed E-state index contributed by atoms with van der Waals surface area (Å²) in [5.41, 5.74) is 1.50. The van der Waals surface area contributed by atoms with Crippen LogP contribution in [0.15, 0.2) is 12.1 Å². The first kappa shape index (κ1) is 13.3. The summed E-state index contributed by atoms with van der Waals surface area (Å²) >= 11 is 0. The molecule has 1 fully saturated rings. The van der Waals surface area contributed by atoms with E-state index in [1.165, 1.54) is 0 Å². The van der Waals surface area contributed by atoms with Crippen LogP contribution in [-0.4, -0.2) is 54.4 Å². The lowest BCUT2D eigenvalue weighted by Gasteiger charge is -2.26. The summed E-state index contributed by atoms with van der Waals surface area (Å²) in [6, 6.07) is 3.76. The van der Waals surface area contributed by atoms with E-state index in [0.717, 1.165) is 38.5 Å². The Hall–Kier alpha value is -1.17. The summed E-state index contributed by atoms with van der Waals surface area (Å²) < 4.78 is 11.0. The molecule has 100 valence electrons. The monoisotopic (exact) mass is 252 g/mol. The normalized spacial score (nSPS) is 16.8. The molecule has 1 aromatic rings. The molecule has 0 amide bonds. The molecule has 0 bridgehead atoms. The lowest BCUT2D eigenvalue weighted by Crippen LogP contribution is -2.38. The van der Waals surface area contributed by atoms with Crippen molar-refractivity contribution in [3.8, 4) is 5.75 Å². The van der Waals surface area contributed by atoms with Gasteiger partial charge in [0.1, 0.15) is 18.1 Å². The quantitative estimate of drug-likeness (QED) is 0.831. The molecule has 0 aliphatic carbocycles. The van der Waals surface area contributed by atoms with Gasteiger partial charge in [-0.1, -0.05) is 0 Å². The fraction of sp³-hybridized carbons (Fsp3) is 0.615. The Balaban J connectivity index is 1.82. The van der Waals surface area contributed by atoms with Gasteiger partial charge in [0, 0.05) is 25.3 Å². The number of pyridine rings is 1. The number of hydrogen-bond acceptors (Lipinski definition) is 5. The lowest BCUT2D eigenvalue weighted by atomic mass is 10.3. The van der Waals surface area contributed by atoms with Crippen molar-refractivity contribution in [1.82, 2.24) is 9.88 Å². The van der Waals surface area contributed by atoms with Crippen molar-refractivity contribution < 1.29 is 14.6 Å². The van der Waals surface area contributed by atoms with E-state index in [-0.39, 0.29) is 6.61 Å². The molecule has 0 saturated carbocycles. The number of aromatic nitrogens is 1. The second-order valence-corrected chi connectivity index (χ2v) is 4.36. The van der Waals surface area contributed by atoms with Gasteiger partial charge in [0.25, 0.3) is 0 Å². The number of rotatable bonds is 5. The van der Waals surface area contributed by atoms with Crippen LogP contribution in [0.25, 0.3) is 0 Å². The third-order valence-electron chi connectivity index (χ3n) is 2.99. The Morgan fingerprint density at radius 2 is 2.17 bits per heavy atom. The third kappa shape index (κ3) is 3.66. The van der Waals surface area contributed by atoms with Gasteiger partial charge in [0.2, 0.25) is 0 Å². The molecule has 2 heterocycles. The minimum Gasteiger partial charge on any atom is -0.490 e. The Labute approximate surface area is 107 Å². The standard InChI is InChI=1S/C13H20N2O3/c1-11-2-3-13(12(10-16)14-11)18-9-6-15-4-7-17-8-5-15/h2-3,16H,4-10H2,1H3. The number of morpholine rings is 1. The van der Waals surface area contributed by atoms with Gasteiger partial charge in [-0.3, -0.25) is 9.88 Å². The summed E-state index contributed by atoms with van der Waals surface area (Å²) in [5, 5.41) is 9.22. The first-order valence-corrected chi connectivity index (χ1v) is 6.30. The predicted octanol–water partition coefficient (Wildman–Crippen LogP) is 0.593. The molecule has 2 rings (SSSR count). The molecular formula is C13H20N2O3. The highest BCUT2D eigenvalue weighted by Crippen LogP contribution is 2.16. The van der Waals surface area contributed by atoms with Gasteiger partial charge in [-0.05, 0) is 19.1 Å². The minimum absolute atomic E-state index is 0.0887. The fourth-order valence-electron chi connectivity index (χ4n) is 1.95. The van der Waals surface area contributed by atoms with E-state index in [9.17, 15) is 5.11 Å². The SMILES string of the molecule is Cc1ccc(OCCN2CCOCC2)c(CO)n1. The molecule has 1 aliphatic rings. The smallest absolute Gasteiger partial charge is 0.143 e. The first-order valence-electron chi connectivity index (χ1n) is 6.30. The lowest BCUT2D eigenvalue weighted by molar-refractivity contribution is 0.0321. The Morgan fingerprint density at radius 1 is 1.39 bits per heavy atom. The number of aliphatic hydroxyl groups is 1. The second-order valence-electron chi connectivity index (χ2n) is 4.36. The zero-order valence-electron chi connectivity index (χ0n) is 10.8. The summed E-state index contributed by atoms with van der Waals surface area (Å²) in [6.07, 6.45) is 0. The molecular weight excluding hydrogens is 232 g/mol. The van der Waals surface area contributed by atoms with Gasteiger partial charge in [-0.15, -0.1) is 0 Å². The van der Waals surface area contributed by atoms with Crippen molar-refractivity contribution in [2.45, 2.75) is 13.5 Å². The Bertz CT molecular complexity index is 378. The van der Waals surface area contributed by atoms with E-state index >= 15 is 0 Å². The molecule has 0 unspecified atom stereocenters. The minimum atomic E-state index is -0.0887. The molecule has 0 aromatic carbocycles. The molecule has 18 heavy (non-hydrogen) atoms. The van der Waals surface area contributed by atoms with Crippen molar-refractivity contribution in [1.29, 1.82) is 0 Å². The maximum absolute atomic E-state index is 9.22. The molecule has 0 radical (unpaired) electrons. The van der Waals surface area contributed by atoms with Gasteiger partial charge in [-0.25, -0.2) is 0 Å². The maximum atomic E-state index is 9.22. The van der Waals surface area contributed by atoms with Gasteiger partial charge < -0.3 is 14.6 Å². The van der Waals surface area contributed by atoms with Crippen molar-refractivity contribution >= 4 is 0 Å². The largest absolute Gasteiger partial charge is 0.490 e. The first-order chi connectivity index (χ1) is 8.79. The van der Waals surface area contributed by atoms with E-state index in [4.69, 9.17) is 9.47 Å². The zero-order chi connectivity index (χ0) is 12.8. The van der Waals surface area contributed by atoms with Gasteiger partial charge in [-0.2, -0.15) is 0 Å². The summed E-state index contributed by atoms with van der Waals surface area (Å²) in [6.45, 7) is 6.82. The molecule has 0 atom stereocenters. The molecule has 1 aliphatic heterocycles. The van der Waals surface area contributed by atoms with Crippen LogP contribution in [0.1, 0.15) is 11.4 Å². The summed E-state index contributed by atoms with van der Waals surface area (Å²) in [7, 11) is 0. The predicted molar refractivity (Wildman–Crippen MR) is 67.7 cm³/mol. The highest BCUT2D eigenvalue weighted by atomic mass is 16.5. The summed E-state index contributed by atoms with van der Waals surface area (Å²) in [4.78, 5) is 6.56. The van der Waals surface area contributed by atoms with E-state index in [1.807, 2.05) is 19.1 Å². The van der Waals surface area contributed by atoms with Crippen LogP contribution >= 0.6 is 0 Å². The molecule has 1 saturated heterocycles. The van der Waals surface area contributed by atoms with E-state index in [0.29, 0.717) is 18.1 Å². The average molecular weight is 252 g/mol. The Morgan fingerprint density at radius 3 is 2.89 bits per heavy atom. The van der Waals surface area contributed by atoms with Crippen molar-refractivity contribution in [3.05, 3.63) is 23.5 Å². The van der Waals surface area contributed by atoms with Gasteiger partial charge in [0.05, 0.1) is 19.8 Å². The molecule has 5 heteroatoms. The van der Waals surface area contributed by atoms with Crippen LogP contribution in [-0.2, 0) is 11.3 Å². The molecule has 1 N–H and O–H groups in total. The Kier molecular flexibility index (Phi) is 4.92. The van der Waals surface area contributed by atoms with Crippen LogP contribution < -0.4 is 4.74 Å². The topological polar surface area (TPSA) is 54.8 Å². The molecule has 1 aromatic heterocycles. The number of nitrogens with zero attached hydrogens (tertiary/aromatic N) is 2. The van der Waals surface area contributed by atoms with Crippen LogP contribution in [0, 0.1) is 6.92 Å². The van der Waals surface area contributed by atoms with Crippen molar-refractivity contribution in [2.75, 3.05) is 39.5 Å². The third-order valence-corrected chi connectivity index (χ3v) is 2.99. The van der Waals surface area contributed by atoms with Gasteiger partial charge in [0.15, 0.2) is 0 Å². The zero-order valence-corrected chi connectivity index (χ0v) is 10.8. The fourth-order valence-corrected chi connectivity index (χ4v) is 1.95. The van der Waals surface area contributed by atoms with Crippen molar-refractivity contribution in [2.24, 2.45) is 0 Å². The molecule has 0 spiro atoms. The number of ether oxygens (including phenoxy) is 2. The van der Waals surface area contributed by atoms with Crippen LogP contribution in [0.3, 0.4) is 0 Å². The summed E-state index contributed by atoms with van der Waals surface area (Å²) in [5.74, 6) is 0.677. The van der Waals surface area contributed by atoms with E-state index < -0.39 is 0 Å². The number of aryl methyl sites for hydroxylation is 1. The highest BCUT2D eigenvalue weighted by molar-refractivity contribution is 5.28. The second kappa shape index (κ2) is 6.68. The average Bonchev–Trinajstić information content (AvgIpc) is 2.41. The number of aliphatic hydroxyl groups excluding tert-OH is 1. The maximum Gasteiger partial charge on any atom is 0.143 e. The van der Waals surface area contributed by atoms with Crippen LogP contribution in [0.2, 0.25) is 0 Å². The van der Waals surface area contributed by atoms with Crippen LogP contribution in [0.5, 0.6) is 5.75 Å². The highest BCUT2D eigenvalue weighted by Gasteiger charge is 2.10. The van der Waals surface area contributed by atoms with Crippen molar-refractivity contribution in [3.63, 3.8) is 0 Å². The van der Waals surface area contributed by atoms with Gasteiger partial charge >= 0.3 is 0 Å². The van der Waals surface area contributed by atoms with E-state index in [2.05, 4.69) is 9.88 Å². The van der Waals surface area contributed by atoms with Crippen LogP contribution in [0.4, 0.5) is 0 Å². The number of hydrogen-bond donors (Lipinski definition) is 1. The molecule has 5 nitrogen and oxygen atoms in total. The van der Waals surface area contributed by atoms with E-state index in [1.54, 1.807) is 0 Å².